The highest BCUT2D eigenvalue weighted by atomic mass is 35.5. The molecule has 5 aromatic rings. The largest absolute Gasteiger partial charge is 0.449 e. The first-order valence-corrected chi connectivity index (χ1v) is 26.0. The van der Waals surface area contributed by atoms with Gasteiger partial charge in [0.05, 0.1) is 29.3 Å². The lowest BCUT2D eigenvalue weighted by molar-refractivity contribution is 0.101. The Balaban J connectivity index is 0.000000236. The molecule has 0 spiro atoms. The monoisotopic (exact) mass is 1070 g/mol. The second-order valence-electron chi connectivity index (χ2n) is 17.8. The van der Waals surface area contributed by atoms with Crippen molar-refractivity contribution in [2.24, 2.45) is 5.73 Å². The average Bonchev–Trinajstić information content (AvgIpc) is 4.09. The molecule has 6 N–H and O–H groups in total. The van der Waals surface area contributed by atoms with E-state index in [9.17, 15) is 36.7 Å². The van der Waals surface area contributed by atoms with Gasteiger partial charge in [0.25, 0.3) is 11.8 Å². The summed E-state index contributed by atoms with van der Waals surface area (Å²) in [6.45, 7) is 12.0. The lowest BCUT2D eigenvalue weighted by Gasteiger charge is -2.36. The predicted molar refractivity (Wildman–Crippen MR) is 268 cm³/mol. The van der Waals surface area contributed by atoms with Crippen LogP contribution in [0.5, 0.6) is 0 Å². The Morgan fingerprint density at radius 3 is 1.82 bits per heavy atom. The minimum Gasteiger partial charge on any atom is -0.449 e. The van der Waals surface area contributed by atoms with Crippen molar-refractivity contribution in [3.63, 3.8) is 0 Å². The van der Waals surface area contributed by atoms with E-state index in [1.165, 1.54) is 65.5 Å². The first-order valence-electron chi connectivity index (χ1n) is 22.4. The van der Waals surface area contributed by atoms with Crippen LogP contribution in [0.4, 0.5) is 38.5 Å². The number of nitrogens with one attached hydrogen (secondary N) is 3. The van der Waals surface area contributed by atoms with Gasteiger partial charge in [-0.05, 0) is 116 Å². The van der Waals surface area contributed by atoms with Gasteiger partial charge in [-0.1, -0.05) is 44.0 Å². The number of imidazole rings is 1. The van der Waals surface area contributed by atoms with Crippen LogP contribution in [-0.4, -0.2) is 73.4 Å². The number of aromatic nitrogens is 2. The third-order valence-corrected chi connectivity index (χ3v) is 17.0. The topological polar surface area (TPSA) is 196 Å². The summed E-state index contributed by atoms with van der Waals surface area (Å²) in [5.74, 6) is -2.97. The van der Waals surface area contributed by atoms with Crippen molar-refractivity contribution in [2.45, 2.75) is 89.5 Å². The molecular weight excluding hydrogens is 1010 g/mol. The number of carbonyl (C=O) groups excluding carboxylic acids is 4. The summed E-state index contributed by atoms with van der Waals surface area (Å²) in [4.78, 5) is 52.2. The lowest BCUT2D eigenvalue weighted by Crippen LogP contribution is -2.41. The summed E-state index contributed by atoms with van der Waals surface area (Å²) < 4.78 is 72.0. The number of halogens is 7. The number of carbonyl (C=O) groups is 4. The standard InChI is InChI=1S/C20H19ClF2N2O4.C16H13ClF2N2O.C13H24N2O3Si.ClH/c21-14-10-11(2-5-15(14)22)24-19(27)13-3-6-16(23)18-12(13)4-7-17(18)25-20(28)29-9-1-8-26;17-11-7-8(1-4-12(11)18)21-16(22)10-2-5-13(19)15-9(10)3-6-14(15)20;1-13(2,3)19(4,5)18-10-6-9-17-12(16)15-8-7-14-11-15;/h2-3,5-6,10,17,26H,1,4,7-9H2,(H,24,27)(H,25,28);1-2,4-5,7,14H,3,6,20H2,(H,21,22);7-8,11H,6,9-10H2,1-5H3;1H/t17-;14-;;/m00../s1. The Morgan fingerprint density at radius 2 is 1.30 bits per heavy atom. The third kappa shape index (κ3) is 15.7. The molecule has 0 bridgehead atoms. The van der Waals surface area contributed by atoms with Crippen molar-refractivity contribution >= 4 is 79.3 Å². The average molecular weight is 1070 g/mol. The highest BCUT2D eigenvalue weighted by Crippen LogP contribution is 2.38. The molecule has 0 radical (unpaired) electrons. The van der Waals surface area contributed by atoms with Crippen molar-refractivity contribution in [2.75, 3.05) is 37.1 Å². The number of rotatable bonds is 13. The number of fused-ring (bicyclic) bond motifs is 2. The number of benzene rings is 4. The maximum Gasteiger partial charge on any atom is 0.419 e. The van der Waals surface area contributed by atoms with E-state index in [-0.39, 0.29) is 63.7 Å². The van der Waals surface area contributed by atoms with Crippen LogP contribution in [0.25, 0.3) is 0 Å². The minimum atomic E-state index is -1.69. The summed E-state index contributed by atoms with van der Waals surface area (Å²) >= 11 is 11.4. The highest BCUT2D eigenvalue weighted by molar-refractivity contribution is 6.74. The van der Waals surface area contributed by atoms with E-state index >= 15 is 0 Å². The maximum absolute atomic E-state index is 14.4. The number of anilines is 2. The van der Waals surface area contributed by atoms with Crippen molar-refractivity contribution < 1.29 is 55.7 Å². The number of amides is 3. The van der Waals surface area contributed by atoms with Crippen molar-refractivity contribution in [3.8, 4) is 0 Å². The molecule has 7 rings (SSSR count). The first-order chi connectivity index (χ1) is 33.1. The number of nitrogens with two attached hydrogens (primary N) is 1. The van der Waals surface area contributed by atoms with E-state index in [0.717, 1.165) is 6.07 Å². The molecular formula is C49H57Cl3F4N6O8Si. The van der Waals surface area contributed by atoms with Gasteiger partial charge in [0, 0.05) is 78.1 Å². The number of aliphatic hydroxyl groups excluding tert-OH is 1. The van der Waals surface area contributed by atoms with Crippen LogP contribution < -0.4 is 21.7 Å². The Hall–Kier alpha value is -5.54. The quantitative estimate of drug-likeness (QED) is 0.0430. The van der Waals surface area contributed by atoms with Gasteiger partial charge in [-0.2, -0.15) is 0 Å². The molecule has 22 heteroatoms. The molecule has 4 aromatic carbocycles. The first kappa shape index (κ1) is 58.0. The molecule has 0 saturated heterocycles. The summed E-state index contributed by atoms with van der Waals surface area (Å²) in [5, 5.41) is 16.6. The van der Waals surface area contributed by atoms with Crippen LogP contribution >= 0.6 is 35.6 Å². The third-order valence-electron chi connectivity index (χ3n) is 11.9. The van der Waals surface area contributed by atoms with E-state index in [2.05, 4.69) is 54.8 Å². The van der Waals surface area contributed by atoms with Crippen LogP contribution in [0.15, 0.2) is 79.4 Å². The molecule has 2 aliphatic carbocycles. The van der Waals surface area contributed by atoms with Crippen LogP contribution in [-0.2, 0) is 26.7 Å². The molecule has 0 saturated carbocycles. The van der Waals surface area contributed by atoms with E-state index in [4.69, 9.17) is 47.9 Å². The highest BCUT2D eigenvalue weighted by Gasteiger charge is 2.37. The number of ether oxygens (including phenoxy) is 2. The van der Waals surface area contributed by atoms with Crippen LogP contribution in [0.2, 0.25) is 28.2 Å². The molecule has 14 nitrogen and oxygen atoms in total. The zero-order valence-electron chi connectivity index (χ0n) is 39.7. The van der Waals surface area contributed by atoms with Crippen molar-refractivity contribution in [1.29, 1.82) is 0 Å². The fourth-order valence-corrected chi connectivity index (χ4v) is 8.65. The van der Waals surface area contributed by atoms with Gasteiger partial charge in [0.1, 0.15) is 29.6 Å². The van der Waals surface area contributed by atoms with E-state index < -0.39 is 55.8 Å². The zero-order chi connectivity index (χ0) is 51.3. The van der Waals surface area contributed by atoms with Crippen LogP contribution in [0.3, 0.4) is 0 Å². The molecule has 1 aromatic heterocycles. The van der Waals surface area contributed by atoms with E-state index in [0.29, 0.717) is 85.4 Å². The van der Waals surface area contributed by atoms with Gasteiger partial charge in [-0.3, -0.25) is 9.59 Å². The molecule has 71 heavy (non-hydrogen) atoms. The lowest BCUT2D eigenvalue weighted by atomic mass is 10.0. The molecule has 2 atom stereocenters. The summed E-state index contributed by atoms with van der Waals surface area (Å²) in [6, 6.07) is 11.9. The number of aliphatic hydroxyl groups is 1. The van der Waals surface area contributed by atoms with Gasteiger partial charge < -0.3 is 40.7 Å². The second-order valence-corrected chi connectivity index (χ2v) is 23.4. The van der Waals surface area contributed by atoms with E-state index in [1.54, 1.807) is 12.4 Å². The summed E-state index contributed by atoms with van der Waals surface area (Å²) in [7, 11) is -1.69. The molecule has 384 valence electrons. The zero-order valence-corrected chi connectivity index (χ0v) is 43.0. The predicted octanol–water partition coefficient (Wildman–Crippen LogP) is 11.5. The molecule has 0 fully saturated rings. The van der Waals surface area contributed by atoms with E-state index in [1.807, 2.05) is 0 Å². The summed E-state index contributed by atoms with van der Waals surface area (Å²) in [5.41, 5.74) is 8.98. The number of alkyl carbamates (subject to hydrolysis) is 1. The fourth-order valence-electron chi connectivity index (χ4n) is 7.20. The van der Waals surface area contributed by atoms with Gasteiger partial charge in [0.15, 0.2) is 8.32 Å². The Kier molecular flexibility index (Phi) is 21.4. The molecule has 0 unspecified atom stereocenters. The molecule has 1 heterocycles. The second kappa shape index (κ2) is 26.2. The normalized spacial score (nSPS) is 14.5. The number of hydrogen-bond acceptors (Lipinski definition) is 10. The van der Waals surface area contributed by atoms with Crippen molar-refractivity contribution in [3.05, 3.63) is 146 Å². The van der Waals surface area contributed by atoms with Gasteiger partial charge >= 0.3 is 12.2 Å². The Bertz CT molecular complexity index is 2660. The Morgan fingerprint density at radius 1 is 0.775 bits per heavy atom. The molecule has 0 aliphatic heterocycles. The smallest absolute Gasteiger partial charge is 0.419 e. The maximum atomic E-state index is 14.4. The SMILES string of the molecule is CC(C)(C)[Si](C)(C)OCCCOC(=O)n1ccnc1.Cl.N[C@H]1CCc2c(C(=O)Nc3ccc(F)c(Cl)c3)ccc(F)c21.O=C(N[C@H]1CCc2c(C(=O)Nc3ccc(F)c(Cl)c3)ccc(F)c21)OCCCO. The minimum absolute atomic E-state index is 0. The van der Waals surface area contributed by atoms with Gasteiger partial charge in [-0.15, -0.1) is 12.4 Å². The van der Waals surface area contributed by atoms with Gasteiger partial charge in [-0.25, -0.2) is 36.7 Å². The van der Waals surface area contributed by atoms with Crippen LogP contribution in [0.1, 0.15) is 102 Å². The van der Waals surface area contributed by atoms with Gasteiger partial charge in [0.2, 0.25) is 0 Å². The summed E-state index contributed by atoms with van der Waals surface area (Å²) in [6.07, 6.45) is 6.41. The molecule has 3 amide bonds. The number of hydrogen-bond donors (Lipinski definition) is 5. The molecule has 2 aliphatic rings. The van der Waals surface area contributed by atoms with Crippen LogP contribution in [0, 0.1) is 23.3 Å². The van der Waals surface area contributed by atoms with Crippen molar-refractivity contribution in [1.82, 2.24) is 14.9 Å². The number of nitrogens with zero attached hydrogens (tertiary/aromatic N) is 2. The fraction of sp³-hybridized carbons (Fsp3) is 0.367. The Labute approximate surface area is 426 Å².